The van der Waals surface area contributed by atoms with Gasteiger partial charge in [-0.05, 0) is 55.5 Å². The smallest absolute Gasteiger partial charge is 0.264 e. The number of nitrogens with one attached hydrogen (secondary N) is 1. The Labute approximate surface area is 163 Å². The summed E-state index contributed by atoms with van der Waals surface area (Å²) in [5.41, 5.74) is 1.73. The van der Waals surface area contributed by atoms with Gasteiger partial charge in [-0.3, -0.25) is 9.10 Å². The third-order valence-electron chi connectivity index (χ3n) is 4.29. The lowest BCUT2D eigenvalue weighted by Crippen LogP contribution is -2.26. The van der Waals surface area contributed by atoms with Crippen molar-refractivity contribution >= 4 is 27.3 Å². The van der Waals surface area contributed by atoms with E-state index in [1.54, 1.807) is 30.3 Å². The highest BCUT2D eigenvalue weighted by molar-refractivity contribution is 7.92. The van der Waals surface area contributed by atoms with Gasteiger partial charge in [-0.15, -0.1) is 0 Å². The zero-order chi connectivity index (χ0) is 20.3. The zero-order valence-corrected chi connectivity index (χ0v) is 16.2. The third-order valence-corrected chi connectivity index (χ3v) is 6.09. The molecule has 3 aromatic rings. The second-order valence-electron chi connectivity index (χ2n) is 6.27. The van der Waals surface area contributed by atoms with Crippen molar-refractivity contribution in [2.45, 2.75) is 11.8 Å². The fourth-order valence-electron chi connectivity index (χ4n) is 2.59. The van der Waals surface area contributed by atoms with Crippen molar-refractivity contribution in [3.05, 3.63) is 89.7 Å². The first-order chi connectivity index (χ1) is 13.3. The number of benzene rings is 3. The number of carbonyl (C=O) groups excluding carboxylic acids is 1. The molecule has 1 N–H and O–H groups in total. The van der Waals surface area contributed by atoms with E-state index in [0.29, 0.717) is 5.69 Å². The van der Waals surface area contributed by atoms with Gasteiger partial charge in [-0.25, -0.2) is 12.8 Å². The lowest BCUT2D eigenvalue weighted by Gasteiger charge is -2.20. The molecule has 1 amide bonds. The third kappa shape index (κ3) is 4.04. The lowest BCUT2D eigenvalue weighted by molar-refractivity contribution is 0.102. The molecule has 0 bridgehead atoms. The number of sulfonamides is 1. The predicted octanol–water partition coefficient (Wildman–Crippen LogP) is 4.21. The summed E-state index contributed by atoms with van der Waals surface area (Å²) >= 11 is 0. The van der Waals surface area contributed by atoms with E-state index in [1.807, 2.05) is 6.92 Å². The van der Waals surface area contributed by atoms with Gasteiger partial charge in [-0.2, -0.15) is 0 Å². The number of rotatable bonds is 5. The van der Waals surface area contributed by atoms with Crippen LogP contribution in [0, 0.1) is 12.7 Å². The molecule has 0 radical (unpaired) electrons. The molecular weight excluding hydrogens is 379 g/mol. The minimum Gasteiger partial charge on any atom is -0.319 e. The molecule has 3 rings (SSSR count). The van der Waals surface area contributed by atoms with Gasteiger partial charge in [0.15, 0.2) is 0 Å². The topological polar surface area (TPSA) is 66.5 Å². The van der Waals surface area contributed by atoms with Crippen LogP contribution >= 0.6 is 0 Å². The second kappa shape index (κ2) is 7.82. The molecule has 7 heteroatoms. The van der Waals surface area contributed by atoms with Crippen molar-refractivity contribution in [1.29, 1.82) is 0 Å². The Hall–Kier alpha value is -3.19. The average molecular weight is 398 g/mol. The molecule has 5 nitrogen and oxygen atoms in total. The van der Waals surface area contributed by atoms with E-state index in [1.165, 1.54) is 49.5 Å². The summed E-state index contributed by atoms with van der Waals surface area (Å²) in [7, 11) is -2.26. The second-order valence-corrected chi connectivity index (χ2v) is 8.24. The summed E-state index contributed by atoms with van der Waals surface area (Å²) in [5.74, 6) is -1.02. The van der Waals surface area contributed by atoms with Crippen molar-refractivity contribution in [2.24, 2.45) is 0 Å². The molecule has 0 aliphatic rings. The summed E-state index contributed by atoms with van der Waals surface area (Å²) in [5, 5.41) is 2.49. The Balaban J connectivity index is 1.79. The Bertz CT molecular complexity index is 1100. The van der Waals surface area contributed by atoms with Crippen molar-refractivity contribution in [2.75, 3.05) is 16.7 Å². The maximum atomic E-state index is 13.7. The molecule has 0 heterocycles. The fourth-order valence-corrected chi connectivity index (χ4v) is 3.78. The van der Waals surface area contributed by atoms with Crippen LogP contribution in [0.1, 0.15) is 15.9 Å². The number of hydrogen-bond acceptors (Lipinski definition) is 3. The molecule has 0 unspecified atom stereocenters. The van der Waals surface area contributed by atoms with Crippen molar-refractivity contribution < 1.29 is 17.6 Å². The Morgan fingerprint density at radius 3 is 2.14 bits per heavy atom. The molecule has 0 saturated carbocycles. The summed E-state index contributed by atoms with van der Waals surface area (Å²) in [4.78, 5) is 12.5. The minimum absolute atomic E-state index is 0.0793. The van der Waals surface area contributed by atoms with E-state index in [0.717, 1.165) is 9.87 Å². The van der Waals surface area contributed by atoms with Crippen LogP contribution in [0.4, 0.5) is 15.8 Å². The molecule has 0 aliphatic heterocycles. The van der Waals surface area contributed by atoms with Crippen LogP contribution in [0.2, 0.25) is 0 Å². The molecule has 0 saturated heterocycles. The van der Waals surface area contributed by atoms with Crippen LogP contribution in [-0.2, 0) is 10.0 Å². The normalized spacial score (nSPS) is 11.1. The van der Waals surface area contributed by atoms with Gasteiger partial charge in [-0.1, -0.05) is 29.8 Å². The van der Waals surface area contributed by atoms with Gasteiger partial charge in [0.1, 0.15) is 5.82 Å². The number of halogens is 1. The quantitative estimate of drug-likeness (QED) is 0.700. The van der Waals surface area contributed by atoms with Crippen molar-refractivity contribution in [1.82, 2.24) is 0 Å². The van der Waals surface area contributed by atoms with Gasteiger partial charge in [0.25, 0.3) is 15.9 Å². The van der Waals surface area contributed by atoms with Crippen LogP contribution in [0.15, 0.2) is 77.7 Å². The number of para-hydroxylation sites is 1. The van der Waals surface area contributed by atoms with E-state index < -0.39 is 21.7 Å². The number of nitrogens with zero attached hydrogens (tertiary/aromatic N) is 1. The Morgan fingerprint density at radius 1 is 0.929 bits per heavy atom. The van der Waals surface area contributed by atoms with Crippen LogP contribution in [0.3, 0.4) is 0 Å². The summed E-state index contributed by atoms with van der Waals surface area (Å²) < 4.78 is 40.3. The Kier molecular flexibility index (Phi) is 5.46. The lowest BCUT2D eigenvalue weighted by atomic mass is 10.2. The van der Waals surface area contributed by atoms with Crippen LogP contribution in [0.5, 0.6) is 0 Å². The first kappa shape index (κ1) is 19.6. The number of carbonyl (C=O) groups is 1. The van der Waals surface area contributed by atoms with Crippen LogP contribution < -0.4 is 9.62 Å². The van der Waals surface area contributed by atoms with Gasteiger partial charge in [0, 0.05) is 12.6 Å². The standard InChI is InChI=1S/C21H19FN2O3S/c1-15-7-13-18(14-8-15)28(26,27)24(2)17-11-9-16(10-12-17)21(25)23-20-6-4-3-5-19(20)22/h3-14H,1-2H3,(H,23,25). The van der Waals surface area contributed by atoms with E-state index in [-0.39, 0.29) is 16.1 Å². The molecule has 0 aliphatic carbocycles. The largest absolute Gasteiger partial charge is 0.319 e. The highest BCUT2D eigenvalue weighted by Crippen LogP contribution is 2.23. The molecule has 0 spiro atoms. The molecule has 28 heavy (non-hydrogen) atoms. The van der Waals surface area contributed by atoms with Gasteiger partial charge in [0.2, 0.25) is 0 Å². The fraction of sp³-hybridized carbons (Fsp3) is 0.0952. The number of hydrogen-bond donors (Lipinski definition) is 1. The number of amides is 1. The zero-order valence-electron chi connectivity index (χ0n) is 15.4. The number of aryl methyl sites for hydroxylation is 1. The summed E-state index contributed by atoms with van der Waals surface area (Å²) in [6, 6.07) is 18.5. The first-order valence-corrected chi connectivity index (χ1v) is 9.94. The average Bonchev–Trinajstić information content (AvgIpc) is 2.69. The Morgan fingerprint density at radius 2 is 1.54 bits per heavy atom. The van der Waals surface area contributed by atoms with Gasteiger partial charge in [0.05, 0.1) is 16.3 Å². The first-order valence-electron chi connectivity index (χ1n) is 8.50. The molecule has 0 atom stereocenters. The molecule has 3 aromatic carbocycles. The predicted molar refractivity (Wildman–Crippen MR) is 108 cm³/mol. The summed E-state index contributed by atoms with van der Waals surface area (Å²) in [6.45, 7) is 1.88. The van der Waals surface area contributed by atoms with E-state index in [4.69, 9.17) is 0 Å². The van der Waals surface area contributed by atoms with Crippen LogP contribution in [-0.4, -0.2) is 21.4 Å². The number of anilines is 2. The molecule has 144 valence electrons. The maximum Gasteiger partial charge on any atom is 0.264 e. The van der Waals surface area contributed by atoms with E-state index in [2.05, 4.69) is 5.32 Å². The van der Waals surface area contributed by atoms with Gasteiger partial charge >= 0.3 is 0 Å². The van der Waals surface area contributed by atoms with E-state index in [9.17, 15) is 17.6 Å². The monoisotopic (exact) mass is 398 g/mol. The van der Waals surface area contributed by atoms with Crippen LogP contribution in [0.25, 0.3) is 0 Å². The maximum absolute atomic E-state index is 13.7. The molecule has 0 fully saturated rings. The van der Waals surface area contributed by atoms with Gasteiger partial charge < -0.3 is 5.32 Å². The summed E-state index contributed by atoms with van der Waals surface area (Å²) in [6.07, 6.45) is 0. The molecule has 0 aromatic heterocycles. The minimum atomic E-state index is -3.71. The highest BCUT2D eigenvalue weighted by Gasteiger charge is 2.21. The SMILES string of the molecule is Cc1ccc(S(=O)(=O)N(C)c2ccc(C(=O)Nc3ccccc3F)cc2)cc1. The van der Waals surface area contributed by atoms with Crippen molar-refractivity contribution in [3.63, 3.8) is 0 Å². The van der Waals surface area contributed by atoms with E-state index >= 15 is 0 Å². The molecular formula is C21H19FN2O3S. The highest BCUT2D eigenvalue weighted by atomic mass is 32.2. The van der Waals surface area contributed by atoms with Crippen molar-refractivity contribution in [3.8, 4) is 0 Å².